The first-order chi connectivity index (χ1) is 10.4. The number of hydrogen-bond acceptors (Lipinski definition) is 4. The molecule has 0 spiro atoms. The van der Waals surface area contributed by atoms with Gasteiger partial charge in [-0.15, -0.1) is 0 Å². The molecule has 0 bridgehead atoms. The number of carbonyl (C=O) groups is 1. The summed E-state index contributed by atoms with van der Waals surface area (Å²) in [6.45, 7) is 7.25. The summed E-state index contributed by atoms with van der Waals surface area (Å²) in [5.41, 5.74) is 3.58. The van der Waals surface area contributed by atoms with Crippen molar-refractivity contribution < 1.29 is 13.9 Å². The maximum absolute atomic E-state index is 12.0. The number of amides is 1. The van der Waals surface area contributed by atoms with Gasteiger partial charge in [0, 0.05) is 11.8 Å². The summed E-state index contributed by atoms with van der Waals surface area (Å²) in [5.74, 6) is 0.0932. The number of carbonyl (C=O) groups excluding carboxylic acids is 1. The predicted octanol–water partition coefficient (Wildman–Crippen LogP) is 2.89. The summed E-state index contributed by atoms with van der Waals surface area (Å²) in [5, 5.41) is 2.82. The minimum Gasteiger partial charge on any atom is -0.476 e. The normalized spacial score (nSPS) is 10.4. The van der Waals surface area contributed by atoms with Crippen LogP contribution in [0.1, 0.15) is 22.5 Å². The van der Waals surface area contributed by atoms with Crippen molar-refractivity contribution in [3.63, 3.8) is 0 Å². The fourth-order valence-corrected chi connectivity index (χ4v) is 2.36. The third-order valence-corrected chi connectivity index (χ3v) is 3.30. The first kappa shape index (κ1) is 15.8. The highest BCUT2D eigenvalue weighted by Gasteiger charge is 2.12. The zero-order valence-electron chi connectivity index (χ0n) is 13.1. The van der Waals surface area contributed by atoms with Gasteiger partial charge in [0.15, 0.2) is 6.61 Å². The molecule has 1 aromatic heterocycles. The van der Waals surface area contributed by atoms with Crippen LogP contribution in [0.25, 0.3) is 0 Å². The second-order valence-electron chi connectivity index (χ2n) is 5.28. The van der Waals surface area contributed by atoms with Crippen molar-refractivity contribution in [2.45, 2.75) is 27.7 Å². The van der Waals surface area contributed by atoms with Gasteiger partial charge < -0.3 is 14.5 Å². The number of benzene rings is 1. The molecule has 0 fully saturated rings. The average Bonchev–Trinajstić information content (AvgIpc) is 2.42. The topological polar surface area (TPSA) is 68.5 Å². The summed E-state index contributed by atoms with van der Waals surface area (Å²) in [6.07, 6.45) is 1.30. The summed E-state index contributed by atoms with van der Waals surface area (Å²) in [6, 6.07) is 5.26. The van der Waals surface area contributed by atoms with E-state index in [0.717, 1.165) is 22.4 Å². The maximum Gasteiger partial charge on any atom is 0.262 e. The first-order valence-electron chi connectivity index (χ1n) is 6.97. The zero-order chi connectivity index (χ0) is 16.3. The van der Waals surface area contributed by atoms with Crippen LogP contribution in [0.4, 0.5) is 5.69 Å². The van der Waals surface area contributed by atoms with Crippen molar-refractivity contribution in [1.82, 2.24) is 0 Å². The van der Waals surface area contributed by atoms with E-state index in [1.807, 2.05) is 32.9 Å². The van der Waals surface area contributed by atoms with E-state index in [2.05, 4.69) is 5.32 Å². The molecule has 0 unspecified atom stereocenters. The van der Waals surface area contributed by atoms with E-state index in [4.69, 9.17) is 9.15 Å². The van der Waals surface area contributed by atoms with E-state index in [-0.39, 0.29) is 23.7 Å². The summed E-state index contributed by atoms with van der Waals surface area (Å²) in [4.78, 5) is 23.7. The molecule has 1 N–H and O–H groups in total. The number of hydrogen-bond donors (Lipinski definition) is 1. The van der Waals surface area contributed by atoms with E-state index < -0.39 is 0 Å². The molecule has 0 aliphatic heterocycles. The highest BCUT2D eigenvalue weighted by atomic mass is 16.5. The molecule has 1 heterocycles. The van der Waals surface area contributed by atoms with Crippen molar-refractivity contribution in [1.29, 1.82) is 0 Å². The molecule has 5 heteroatoms. The van der Waals surface area contributed by atoms with Gasteiger partial charge in [-0.3, -0.25) is 9.59 Å². The molecule has 0 radical (unpaired) electrons. The third-order valence-electron chi connectivity index (χ3n) is 3.30. The second-order valence-corrected chi connectivity index (χ2v) is 5.28. The molecular formula is C17H19NO4. The Hall–Kier alpha value is -2.56. The summed E-state index contributed by atoms with van der Waals surface area (Å²) >= 11 is 0. The average molecular weight is 301 g/mol. The molecule has 116 valence electrons. The Morgan fingerprint density at radius 1 is 1.18 bits per heavy atom. The van der Waals surface area contributed by atoms with Crippen molar-refractivity contribution in [2.75, 3.05) is 11.9 Å². The Bertz CT molecular complexity index is 738. The highest BCUT2D eigenvalue weighted by molar-refractivity contribution is 5.93. The van der Waals surface area contributed by atoms with Crippen LogP contribution in [0.5, 0.6) is 5.75 Å². The Balaban J connectivity index is 2.07. The molecule has 0 saturated carbocycles. The molecular weight excluding hydrogens is 282 g/mol. The largest absolute Gasteiger partial charge is 0.476 e. The molecule has 0 atom stereocenters. The molecule has 1 aromatic carbocycles. The van der Waals surface area contributed by atoms with Gasteiger partial charge in [-0.1, -0.05) is 17.7 Å². The van der Waals surface area contributed by atoms with Crippen LogP contribution < -0.4 is 15.5 Å². The molecule has 0 aliphatic carbocycles. The van der Waals surface area contributed by atoms with Crippen LogP contribution in [0.15, 0.2) is 33.7 Å². The third kappa shape index (κ3) is 3.55. The predicted molar refractivity (Wildman–Crippen MR) is 84.5 cm³/mol. The first-order valence-corrected chi connectivity index (χ1v) is 6.97. The van der Waals surface area contributed by atoms with E-state index in [1.54, 1.807) is 6.92 Å². The maximum atomic E-state index is 12.0. The van der Waals surface area contributed by atoms with Crippen LogP contribution in [-0.4, -0.2) is 12.5 Å². The van der Waals surface area contributed by atoms with Crippen molar-refractivity contribution in [3.05, 3.63) is 57.1 Å². The zero-order valence-corrected chi connectivity index (χ0v) is 13.1. The van der Waals surface area contributed by atoms with Crippen LogP contribution in [0, 0.1) is 27.7 Å². The minimum absolute atomic E-state index is 0.0648. The van der Waals surface area contributed by atoms with Gasteiger partial charge in [0.1, 0.15) is 5.76 Å². The lowest BCUT2D eigenvalue weighted by molar-refractivity contribution is -0.118. The van der Waals surface area contributed by atoms with E-state index >= 15 is 0 Å². The second kappa shape index (κ2) is 6.47. The standard InChI is InChI=1S/C17H19NO4/c1-10-7-11(2)16(12(3)8-10)18-15(20)9-22-17-13(4)21-6-5-14(17)19/h5-8H,9H2,1-4H3,(H,18,20). The molecule has 0 aliphatic rings. The van der Waals surface area contributed by atoms with Crippen LogP contribution in [-0.2, 0) is 4.79 Å². The number of ether oxygens (including phenoxy) is 1. The lowest BCUT2D eigenvalue weighted by Crippen LogP contribution is -2.23. The lowest BCUT2D eigenvalue weighted by atomic mass is 10.1. The van der Waals surface area contributed by atoms with Crippen molar-refractivity contribution in [2.24, 2.45) is 0 Å². The van der Waals surface area contributed by atoms with E-state index in [1.165, 1.54) is 12.3 Å². The smallest absolute Gasteiger partial charge is 0.262 e. The van der Waals surface area contributed by atoms with Gasteiger partial charge in [0.05, 0.1) is 6.26 Å². The number of anilines is 1. The van der Waals surface area contributed by atoms with Gasteiger partial charge in [-0.25, -0.2) is 0 Å². The lowest BCUT2D eigenvalue weighted by Gasteiger charge is -2.13. The van der Waals surface area contributed by atoms with Crippen LogP contribution in [0.3, 0.4) is 0 Å². The Morgan fingerprint density at radius 2 is 1.82 bits per heavy atom. The van der Waals surface area contributed by atoms with Crippen molar-refractivity contribution in [3.8, 4) is 5.75 Å². The number of nitrogens with one attached hydrogen (secondary N) is 1. The minimum atomic E-state index is -0.322. The Kier molecular flexibility index (Phi) is 4.65. The van der Waals surface area contributed by atoms with Crippen molar-refractivity contribution >= 4 is 11.6 Å². The van der Waals surface area contributed by atoms with Gasteiger partial charge in [0.25, 0.3) is 5.91 Å². The van der Waals surface area contributed by atoms with Gasteiger partial charge in [-0.05, 0) is 38.8 Å². The van der Waals surface area contributed by atoms with Gasteiger partial charge >= 0.3 is 0 Å². The molecule has 22 heavy (non-hydrogen) atoms. The van der Waals surface area contributed by atoms with Crippen LogP contribution in [0.2, 0.25) is 0 Å². The quantitative estimate of drug-likeness (QED) is 0.942. The highest BCUT2D eigenvalue weighted by Crippen LogP contribution is 2.21. The van der Waals surface area contributed by atoms with E-state index in [0.29, 0.717) is 5.76 Å². The van der Waals surface area contributed by atoms with Gasteiger partial charge in [-0.2, -0.15) is 0 Å². The molecule has 5 nitrogen and oxygen atoms in total. The Morgan fingerprint density at radius 3 is 2.41 bits per heavy atom. The van der Waals surface area contributed by atoms with Gasteiger partial charge in [0.2, 0.25) is 11.2 Å². The summed E-state index contributed by atoms with van der Waals surface area (Å²) in [7, 11) is 0. The Labute approximate surface area is 128 Å². The molecule has 1 amide bonds. The number of aryl methyl sites for hydroxylation is 4. The SMILES string of the molecule is Cc1cc(C)c(NC(=O)COc2c(C)occc2=O)c(C)c1. The molecule has 2 aromatic rings. The molecule has 0 saturated heterocycles. The molecule has 2 rings (SSSR count). The fourth-order valence-electron chi connectivity index (χ4n) is 2.36. The number of rotatable bonds is 4. The fraction of sp³-hybridized carbons (Fsp3) is 0.294. The summed E-state index contributed by atoms with van der Waals surface area (Å²) < 4.78 is 10.4. The van der Waals surface area contributed by atoms with E-state index in [9.17, 15) is 9.59 Å². The monoisotopic (exact) mass is 301 g/mol. The van der Waals surface area contributed by atoms with Crippen LogP contribution >= 0.6 is 0 Å².